The van der Waals surface area contributed by atoms with Gasteiger partial charge in [-0.3, -0.25) is 4.79 Å². The molecule has 2 N–H and O–H groups in total. The van der Waals surface area contributed by atoms with E-state index >= 15 is 0 Å². The minimum Gasteiger partial charge on any atom is -0.385 e. The van der Waals surface area contributed by atoms with Gasteiger partial charge in [0.15, 0.2) is 0 Å². The number of aromatic nitrogens is 1. The Morgan fingerprint density at radius 1 is 1.32 bits per heavy atom. The van der Waals surface area contributed by atoms with Crippen molar-refractivity contribution in [2.24, 2.45) is 0 Å². The molecule has 0 saturated heterocycles. The van der Waals surface area contributed by atoms with Crippen LogP contribution in [0.4, 0.5) is 0 Å². The lowest BCUT2D eigenvalue weighted by Crippen LogP contribution is -2.25. The summed E-state index contributed by atoms with van der Waals surface area (Å²) in [6.07, 6.45) is 0.820. The zero-order valence-corrected chi connectivity index (χ0v) is 11.7. The summed E-state index contributed by atoms with van der Waals surface area (Å²) in [4.78, 5) is 15.2. The topological polar surface area (TPSA) is 54.1 Å². The van der Waals surface area contributed by atoms with E-state index in [2.05, 4.69) is 36.3 Å². The van der Waals surface area contributed by atoms with Gasteiger partial charge >= 0.3 is 0 Å². The number of benzene rings is 1. The monoisotopic (exact) mass is 260 g/mol. The van der Waals surface area contributed by atoms with Crippen LogP contribution in [0.5, 0.6) is 0 Å². The number of H-pyrrole nitrogens is 1. The highest BCUT2D eigenvalue weighted by molar-refractivity contribution is 5.98. The Balaban J connectivity index is 2.12. The molecule has 2 rings (SSSR count). The Hall–Kier alpha value is -1.81. The summed E-state index contributed by atoms with van der Waals surface area (Å²) in [6.45, 7) is 5.40. The number of rotatable bonds is 5. The second kappa shape index (κ2) is 5.89. The number of nitrogens with one attached hydrogen (secondary N) is 2. The smallest absolute Gasteiger partial charge is 0.267 e. The quantitative estimate of drug-likeness (QED) is 0.812. The van der Waals surface area contributed by atoms with Crippen LogP contribution in [0.15, 0.2) is 18.2 Å². The standard InChI is InChI=1S/C15H20N2O2/c1-10-7-11(2)12-9-14(17-13(12)8-10)15(18)16-5-4-6-19-3/h7-9,17H,4-6H2,1-3H3,(H,16,18). The Bertz CT molecular complexity index is 587. The van der Waals surface area contributed by atoms with Crippen molar-refractivity contribution in [1.82, 2.24) is 10.3 Å². The van der Waals surface area contributed by atoms with Crippen LogP contribution in [0.2, 0.25) is 0 Å². The lowest BCUT2D eigenvalue weighted by Gasteiger charge is -2.02. The number of hydrogen-bond donors (Lipinski definition) is 2. The SMILES string of the molecule is COCCCNC(=O)c1cc2c(C)cc(C)cc2[nH]1. The molecule has 4 nitrogen and oxygen atoms in total. The van der Waals surface area contributed by atoms with E-state index in [1.165, 1.54) is 11.1 Å². The first-order valence-corrected chi connectivity index (χ1v) is 6.49. The van der Waals surface area contributed by atoms with Crippen LogP contribution in [0.1, 0.15) is 28.0 Å². The normalized spacial score (nSPS) is 10.9. The minimum atomic E-state index is -0.0654. The molecule has 2 aromatic rings. The van der Waals surface area contributed by atoms with Gasteiger partial charge in [0, 0.05) is 31.2 Å². The fraction of sp³-hybridized carbons (Fsp3) is 0.400. The molecule has 0 fully saturated rings. The van der Waals surface area contributed by atoms with Gasteiger partial charge in [0.2, 0.25) is 0 Å². The van der Waals surface area contributed by atoms with E-state index in [0.29, 0.717) is 18.8 Å². The average Bonchev–Trinajstić information content (AvgIpc) is 2.78. The average molecular weight is 260 g/mol. The van der Waals surface area contributed by atoms with Gasteiger partial charge in [0.1, 0.15) is 5.69 Å². The molecule has 0 aliphatic carbocycles. The van der Waals surface area contributed by atoms with Crippen LogP contribution in [0.3, 0.4) is 0 Å². The Morgan fingerprint density at radius 3 is 2.84 bits per heavy atom. The Labute approximate surface area is 113 Å². The van der Waals surface area contributed by atoms with Gasteiger partial charge in [-0.2, -0.15) is 0 Å². The Morgan fingerprint density at radius 2 is 2.11 bits per heavy atom. The van der Waals surface area contributed by atoms with Gasteiger partial charge < -0.3 is 15.0 Å². The maximum absolute atomic E-state index is 12.0. The van der Waals surface area contributed by atoms with Crippen molar-refractivity contribution >= 4 is 16.8 Å². The van der Waals surface area contributed by atoms with Gasteiger partial charge in [0.25, 0.3) is 5.91 Å². The van der Waals surface area contributed by atoms with E-state index in [4.69, 9.17) is 4.74 Å². The number of amides is 1. The molecule has 4 heteroatoms. The zero-order valence-electron chi connectivity index (χ0n) is 11.7. The molecule has 102 valence electrons. The van der Waals surface area contributed by atoms with Gasteiger partial charge in [-0.1, -0.05) is 6.07 Å². The number of ether oxygens (including phenoxy) is 1. The molecule has 0 radical (unpaired) electrons. The summed E-state index contributed by atoms with van der Waals surface area (Å²) >= 11 is 0. The van der Waals surface area contributed by atoms with Crippen molar-refractivity contribution in [3.8, 4) is 0 Å². The van der Waals surface area contributed by atoms with E-state index in [0.717, 1.165) is 17.3 Å². The third-order valence-electron chi connectivity index (χ3n) is 3.14. The van der Waals surface area contributed by atoms with Gasteiger partial charge in [0.05, 0.1) is 0 Å². The molecule has 0 spiro atoms. The summed E-state index contributed by atoms with van der Waals surface area (Å²) < 4.78 is 4.95. The second-order valence-electron chi connectivity index (χ2n) is 4.83. The number of fused-ring (bicyclic) bond motifs is 1. The Kier molecular flexibility index (Phi) is 4.22. The molecule has 19 heavy (non-hydrogen) atoms. The lowest BCUT2D eigenvalue weighted by molar-refractivity contribution is 0.0944. The van der Waals surface area contributed by atoms with E-state index in [9.17, 15) is 4.79 Å². The molecule has 0 aliphatic heterocycles. The summed E-state index contributed by atoms with van der Waals surface area (Å²) in [5.41, 5.74) is 4.00. The van der Waals surface area contributed by atoms with Crippen molar-refractivity contribution in [2.45, 2.75) is 20.3 Å². The summed E-state index contributed by atoms with van der Waals surface area (Å²) in [7, 11) is 1.66. The van der Waals surface area contributed by atoms with Crippen molar-refractivity contribution in [3.05, 3.63) is 35.0 Å². The summed E-state index contributed by atoms with van der Waals surface area (Å²) in [6, 6.07) is 6.09. The van der Waals surface area contributed by atoms with Crippen molar-refractivity contribution in [2.75, 3.05) is 20.3 Å². The van der Waals surface area contributed by atoms with Crippen LogP contribution >= 0.6 is 0 Å². The summed E-state index contributed by atoms with van der Waals surface area (Å²) in [5.74, 6) is -0.0654. The van der Waals surface area contributed by atoms with Gasteiger partial charge in [-0.25, -0.2) is 0 Å². The third-order valence-corrected chi connectivity index (χ3v) is 3.14. The molecule has 0 unspecified atom stereocenters. The number of methoxy groups -OCH3 is 1. The highest BCUT2D eigenvalue weighted by Gasteiger charge is 2.10. The van der Waals surface area contributed by atoms with E-state index in [-0.39, 0.29) is 5.91 Å². The molecule has 0 bridgehead atoms. The highest BCUT2D eigenvalue weighted by atomic mass is 16.5. The fourth-order valence-corrected chi connectivity index (χ4v) is 2.24. The van der Waals surface area contributed by atoms with E-state index in [1.807, 2.05) is 6.07 Å². The minimum absolute atomic E-state index is 0.0654. The molecule has 1 aromatic heterocycles. The van der Waals surface area contributed by atoms with Gasteiger partial charge in [-0.15, -0.1) is 0 Å². The number of aryl methyl sites for hydroxylation is 2. The molecule has 0 aliphatic rings. The van der Waals surface area contributed by atoms with Gasteiger partial charge in [-0.05, 0) is 43.5 Å². The van der Waals surface area contributed by atoms with Crippen molar-refractivity contribution in [1.29, 1.82) is 0 Å². The number of aromatic amines is 1. The van der Waals surface area contributed by atoms with Crippen molar-refractivity contribution in [3.63, 3.8) is 0 Å². The first-order valence-electron chi connectivity index (χ1n) is 6.49. The number of carbonyl (C=O) groups is 1. The van der Waals surface area contributed by atoms with E-state index in [1.54, 1.807) is 7.11 Å². The van der Waals surface area contributed by atoms with Crippen LogP contribution in [-0.4, -0.2) is 31.2 Å². The van der Waals surface area contributed by atoms with Crippen LogP contribution in [0.25, 0.3) is 10.9 Å². The number of hydrogen-bond acceptors (Lipinski definition) is 2. The first-order chi connectivity index (χ1) is 9.11. The maximum atomic E-state index is 12.0. The van der Waals surface area contributed by atoms with Crippen molar-refractivity contribution < 1.29 is 9.53 Å². The number of carbonyl (C=O) groups excluding carboxylic acids is 1. The molecule has 0 saturated carbocycles. The molecule has 1 amide bonds. The van der Waals surface area contributed by atoms with Crippen LogP contribution < -0.4 is 5.32 Å². The molecule has 1 heterocycles. The zero-order chi connectivity index (χ0) is 13.8. The maximum Gasteiger partial charge on any atom is 0.267 e. The predicted molar refractivity (Wildman–Crippen MR) is 76.6 cm³/mol. The fourth-order valence-electron chi connectivity index (χ4n) is 2.24. The summed E-state index contributed by atoms with van der Waals surface area (Å²) in [5, 5.41) is 3.98. The van der Waals surface area contributed by atoms with Crippen LogP contribution in [0, 0.1) is 13.8 Å². The second-order valence-corrected chi connectivity index (χ2v) is 4.83. The lowest BCUT2D eigenvalue weighted by atomic mass is 10.1. The predicted octanol–water partition coefficient (Wildman–Crippen LogP) is 2.55. The molecular weight excluding hydrogens is 240 g/mol. The highest BCUT2D eigenvalue weighted by Crippen LogP contribution is 2.21. The van der Waals surface area contributed by atoms with E-state index < -0.39 is 0 Å². The van der Waals surface area contributed by atoms with Crippen LogP contribution in [-0.2, 0) is 4.74 Å². The largest absolute Gasteiger partial charge is 0.385 e. The first kappa shape index (κ1) is 13.6. The molecular formula is C15H20N2O2. The molecule has 0 atom stereocenters. The molecule has 1 aromatic carbocycles. The third kappa shape index (κ3) is 3.15.